The Morgan fingerprint density at radius 3 is 2.42 bits per heavy atom. The van der Waals surface area contributed by atoms with Crippen molar-refractivity contribution in [2.45, 2.75) is 13.1 Å². The largest absolute Gasteiger partial charge is 0.497 e. The Bertz CT molecular complexity index is 799. The summed E-state index contributed by atoms with van der Waals surface area (Å²) in [5, 5.41) is 2.92. The average molecular weight is 350 g/mol. The lowest BCUT2D eigenvalue weighted by Crippen LogP contribution is -2.32. The zero-order valence-corrected chi connectivity index (χ0v) is 14.7. The van der Waals surface area contributed by atoms with Gasteiger partial charge in [0, 0.05) is 12.2 Å². The molecule has 0 atom stereocenters. The molecule has 0 radical (unpaired) electrons. The van der Waals surface area contributed by atoms with Gasteiger partial charge in [0.15, 0.2) is 0 Å². The van der Waals surface area contributed by atoms with Crippen molar-refractivity contribution in [2.75, 3.05) is 19.0 Å². The molecule has 0 aliphatic heterocycles. The maximum Gasteiger partial charge on any atom is 0.238 e. The average Bonchev–Trinajstić information content (AvgIpc) is 3.16. The Hall–Kier alpha value is -3.05. The molecule has 1 heterocycles. The predicted octanol–water partition coefficient (Wildman–Crippen LogP) is 3.93. The number of nitrogens with one attached hydrogen (secondary N) is 1. The lowest BCUT2D eigenvalue weighted by Gasteiger charge is -2.21. The highest BCUT2D eigenvalue weighted by atomic mass is 16.5. The molecule has 134 valence electrons. The number of methoxy groups -OCH3 is 1. The summed E-state index contributed by atoms with van der Waals surface area (Å²) >= 11 is 0. The van der Waals surface area contributed by atoms with Gasteiger partial charge in [0.1, 0.15) is 11.5 Å². The molecule has 0 aliphatic rings. The van der Waals surface area contributed by atoms with E-state index in [1.807, 2.05) is 59.5 Å². The minimum atomic E-state index is -0.0716. The van der Waals surface area contributed by atoms with Gasteiger partial charge in [-0.05, 0) is 42.0 Å². The summed E-state index contributed by atoms with van der Waals surface area (Å²) in [6.45, 7) is 1.50. The summed E-state index contributed by atoms with van der Waals surface area (Å²) in [5.41, 5.74) is 1.89. The van der Waals surface area contributed by atoms with Gasteiger partial charge in [-0.2, -0.15) is 0 Å². The Kier molecular flexibility index (Phi) is 6.06. The van der Waals surface area contributed by atoms with Crippen LogP contribution in [0.15, 0.2) is 77.4 Å². The molecule has 0 aliphatic carbocycles. The lowest BCUT2D eigenvalue weighted by atomic mass is 10.2. The van der Waals surface area contributed by atoms with Crippen LogP contribution in [0.3, 0.4) is 0 Å². The summed E-state index contributed by atoms with van der Waals surface area (Å²) in [7, 11) is 1.61. The minimum absolute atomic E-state index is 0.0716. The lowest BCUT2D eigenvalue weighted by molar-refractivity contribution is -0.117. The quantitative estimate of drug-likeness (QED) is 0.669. The molecule has 0 fully saturated rings. The number of rotatable bonds is 8. The second kappa shape index (κ2) is 8.87. The SMILES string of the molecule is COc1ccc(NC(=O)CN(Cc2ccccc2)Cc2ccco2)cc1. The van der Waals surface area contributed by atoms with Crippen LogP contribution in [0.25, 0.3) is 0 Å². The molecule has 0 unspecified atom stereocenters. The zero-order chi connectivity index (χ0) is 18.2. The smallest absolute Gasteiger partial charge is 0.238 e. The van der Waals surface area contributed by atoms with Crippen LogP contribution < -0.4 is 10.1 Å². The van der Waals surface area contributed by atoms with Crippen LogP contribution in [-0.4, -0.2) is 24.5 Å². The van der Waals surface area contributed by atoms with Crippen molar-refractivity contribution < 1.29 is 13.9 Å². The monoisotopic (exact) mass is 350 g/mol. The summed E-state index contributed by atoms with van der Waals surface area (Å²) in [5.74, 6) is 1.52. The first-order valence-corrected chi connectivity index (χ1v) is 8.45. The fourth-order valence-corrected chi connectivity index (χ4v) is 2.71. The predicted molar refractivity (Wildman–Crippen MR) is 101 cm³/mol. The third kappa shape index (κ3) is 5.22. The van der Waals surface area contributed by atoms with Gasteiger partial charge in [-0.3, -0.25) is 9.69 Å². The van der Waals surface area contributed by atoms with Gasteiger partial charge >= 0.3 is 0 Å². The van der Waals surface area contributed by atoms with Crippen LogP contribution in [0.1, 0.15) is 11.3 Å². The zero-order valence-electron chi connectivity index (χ0n) is 14.7. The number of ether oxygens (including phenoxy) is 1. The number of anilines is 1. The Balaban J connectivity index is 1.64. The van der Waals surface area contributed by atoms with Gasteiger partial charge in [-0.25, -0.2) is 0 Å². The Morgan fingerprint density at radius 1 is 1.00 bits per heavy atom. The first-order chi connectivity index (χ1) is 12.7. The third-order valence-electron chi connectivity index (χ3n) is 3.95. The number of benzene rings is 2. The first-order valence-electron chi connectivity index (χ1n) is 8.45. The fraction of sp³-hybridized carbons (Fsp3) is 0.190. The minimum Gasteiger partial charge on any atom is -0.497 e. The Morgan fingerprint density at radius 2 is 1.77 bits per heavy atom. The van der Waals surface area contributed by atoms with Crippen molar-refractivity contribution in [3.63, 3.8) is 0 Å². The molecule has 2 aromatic carbocycles. The van der Waals surface area contributed by atoms with Crippen LogP contribution in [0.2, 0.25) is 0 Å². The van der Waals surface area contributed by atoms with E-state index in [-0.39, 0.29) is 12.5 Å². The third-order valence-corrected chi connectivity index (χ3v) is 3.95. The van der Waals surface area contributed by atoms with Crippen molar-refractivity contribution in [2.24, 2.45) is 0 Å². The van der Waals surface area contributed by atoms with Crippen LogP contribution in [0.4, 0.5) is 5.69 Å². The molecule has 0 saturated heterocycles. The molecule has 0 bridgehead atoms. The molecule has 0 spiro atoms. The van der Waals surface area contributed by atoms with Crippen molar-refractivity contribution >= 4 is 11.6 Å². The molecule has 5 heteroatoms. The highest BCUT2D eigenvalue weighted by molar-refractivity contribution is 5.92. The van der Waals surface area contributed by atoms with Gasteiger partial charge < -0.3 is 14.5 Å². The second-order valence-corrected chi connectivity index (χ2v) is 5.99. The Labute approximate surface area is 153 Å². The number of furan rings is 1. The summed E-state index contributed by atoms with van der Waals surface area (Å²) in [6.07, 6.45) is 1.65. The van der Waals surface area contributed by atoms with E-state index in [0.29, 0.717) is 13.1 Å². The van der Waals surface area contributed by atoms with E-state index in [9.17, 15) is 4.79 Å². The molecule has 1 amide bonds. The molecular weight excluding hydrogens is 328 g/mol. The highest BCUT2D eigenvalue weighted by Gasteiger charge is 2.14. The van der Waals surface area contributed by atoms with E-state index in [1.54, 1.807) is 13.4 Å². The van der Waals surface area contributed by atoms with Crippen LogP contribution in [0, 0.1) is 0 Å². The number of carbonyl (C=O) groups excluding carboxylic acids is 1. The molecule has 1 aromatic heterocycles. The standard InChI is InChI=1S/C21H22N2O3/c1-25-19-11-9-18(10-12-19)22-21(24)16-23(15-20-8-5-13-26-20)14-17-6-3-2-4-7-17/h2-13H,14-16H2,1H3,(H,22,24). The maximum atomic E-state index is 12.5. The van der Waals surface area contributed by atoms with Crippen molar-refractivity contribution in [1.82, 2.24) is 4.90 Å². The molecular formula is C21H22N2O3. The summed E-state index contributed by atoms with van der Waals surface area (Å²) in [6, 6.07) is 21.1. The molecule has 3 rings (SSSR count). The molecule has 3 aromatic rings. The topological polar surface area (TPSA) is 54.7 Å². The normalized spacial score (nSPS) is 10.7. The summed E-state index contributed by atoms with van der Waals surface area (Å²) in [4.78, 5) is 14.5. The fourth-order valence-electron chi connectivity index (χ4n) is 2.71. The molecule has 1 N–H and O–H groups in total. The van der Waals surface area contributed by atoms with Crippen LogP contribution in [-0.2, 0) is 17.9 Å². The number of hydrogen-bond donors (Lipinski definition) is 1. The molecule has 5 nitrogen and oxygen atoms in total. The number of carbonyl (C=O) groups is 1. The van der Waals surface area contributed by atoms with Crippen molar-refractivity contribution in [1.29, 1.82) is 0 Å². The van der Waals surface area contributed by atoms with Crippen molar-refractivity contribution in [3.8, 4) is 5.75 Å². The van der Waals surface area contributed by atoms with E-state index in [4.69, 9.17) is 9.15 Å². The van der Waals surface area contributed by atoms with Gasteiger partial charge in [0.25, 0.3) is 0 Å². The van der Waals surface area contributed by atoms with E-state index in [0.717, 1.165) is 22.8 Å². The van der Waals surface area contributed by atoms with E-state index in [2.05, 4.69) is 17.4 Å². The highest BCUT2D eigenvalue weighted by Crippen LogP contribution is 2.15. The van der Waals surface area contributed by atoms with Gasteiger partial charge in [0.05, 0.1) is 26.5 Å². The van der Waals surface area contributed by atoms with E-state index >= 15 is 0 Å². The molecule has 26 heavy (non-hydrogen) atoms. The van der Waals surface area contributed by atoms with Gasteiger partial charge in [-0.15, -0.1) is 0 Å². The summed E-state index contributed by atoms with van der Waals surface area (Å²) < 4.78 is 10.6. The maximum absolute atomic E-state index is 12.5. The van der Waals surface area contributed by atoms with Crippen molar-refractivity contribution in [3.05, 3.63) is 84.3 Å². The van der Waals surface area contributed by atoms with E-state index < -0.39 is 0 Å². The first kappa shape index (κ1) is 17.8. The number of hydrogen-bond acceptors (Lipinski definition) is 4. The van der Waals surface area contributed by atoms with Gasteiger partial charge in [-0.1, -0.05) is 30.3 Å². The molecule has 0 saturated carbocycles. The van der Waals surface area contributed by atoms with Crippen LogP contribution in [0.5, 0.6) is 5.75 Å². The van der Waals surface area contributed by atoms with Crippen LogP contribution >= 0.6 is 0 Å². The van der Waals surface area contributed by atoms with Gasteiger partial charge in [0.2, 0.25) is 5.91 Å². The number of amides is 1. The number of nitrogens with zero attached hydrogens (tertiary/aromatic N) is 1. The van der Waals surface area contributed by atoms with E-state index in [1.165, 1.54) is 0 Å². The second-order valence-electron chi connectivity index (χ2n) is 5.99.